The Bertz CT molecular complexity index is 725. The summed E-state index contributed by atoms with van der Waals surface area (Å²) in [5.41, 5.74) is 1.47. The zero-order valence-corrected chi connectivity index (χ0v) is 15.4. The summed E-state index contributed by atoms with van der Waals surface area (Å²) in [7, 11) is -1.66. The largest absolute Gasteiger partial charge is 0.475 e. The van der Waals surface area contributed by atoms with Crippen LogP contribution in [0.4, 0.5) is 0 Å². The number of rotatable bonds is 9. The summed E-state index contributed by atoms with van der Waals surface area (Å²) in [5, 5.41) is 21.8. The number of carbonyl (C=O) groups is 2. The monoisotopic (exact) mass is 368 g/mol. The van der Waals surface area contributed by atoms with Crippen LogP contribution < -0.4 is 5.32 Å². The van der Waals surface area contributed by atoms with Crippen LogP contribution in [0.3, 0.4) is 0 Å². The van der Waals surface area contributed by atoms with Crippen LogP contribution in [0, 0.1) is 0 Å². The SMILES string of the molecule is CCN(CCC(=O)NC(Cc1ccccc1)B(O)O)C(=O)c1ccccc1. The van der Waals surface area contributed by atoms with Crippen molar-refractivity contribution < 1.29 is 19.6 Å². The van der Waals surface area contributed by atoms with Crippen LogP contribution in [0.2, 0.25) is 0 Å². The molecule has 0 aromatic heterocycles. The molecule has 0 aliphatic carbocycles. The van der Waals surface area contributed by atoms with Gasteiger partial charge in [0.2, 0.25) is 5.91 Å². The van der Waals surface area contributed by atoms with Crippen molar-refractivity contribution in [1.29, 1.82) is 0 Å². The van der Waals surface area contributed by atoms with Gasteiger partial charge in [0.25, 0.3) is 5.91 Å². The van der Waals surface area contributed by atoms with Gasteiger partial charge < -0.3 is 20.3 Å². The van der Waals surface area contributed by atoms with Crippen molar-refractivity contribution >= 4 is 18.9 Å². The third-order valence-electron chi connectivity index (χ3n) is 4.30. The number of carbonyl (C=O) groups excluding carboxylic acids is 2. The van der Waals surface area contributed by atoms with Crippen molar-refractivity contribution in [2.45, 2.75) is 25.7 Å². The van der Waals surface area contributed by atoms with Crippen molar-refractivity contribution in [3.63, 3.8) is 0 Å². The summed E-state index contributed by atoms with van der Waals surface area (Å²) >= 11 is 0. The first kappa shape index (κ1) is 20.7. The summed E-state index contributed by atoms with van der Waals surface area (Å²) in [4.78, 5) is 26.3. The molecule has 0 aliphatic heterocycles. The van der Waals surface area contributed by atoms with Crippen molar-refractivity contribution in [3.8, 4) is 0 Å². The molecular formula is C20H25BN2O4. The molecule has 0 fully saturated rings. The second kappa shape index (κ2) is 10.5. The average Bonchev–Trinajstić information content (AvgIpc) is 2.69. The maximum Gasteiger partial charge on any atom is 0.475 e. The highest BCUT2D eigenvalue weighted by Crippen LogP contribution is 2.07. The van der Waals surface area contributed by atoms with Gasteiger partial charge in [-0.15, -0.1) is 0 Å². The van der Waals surface area contributed by atoms with Gasteiger partial charge in [0, 0.05) is 25.1 Å². The van der Waals surface area contributed by atoms with Crippen LogP contribution in [0.15, 0.2) is 60.7 Å². The standard InChI is InChI=1S/C20H25BN2O4/c1-2-23(20(25)17-11-7-4-8-12-17)14-13-19(24)22-18(21(26)27)15-16-9-5-3-6-10-16/h3-12,18,26-27H,2,13-15H2,1H3,(H,22,24). The Kier molecular flexibility index (Phi) is 8.04. The average molecular weight is 368 g/mol. The third kappa shape index (κ3) is 6.55. The molecule has 0 aliphatic rings. The van der Waals surface area contributed by atoms with Gasteiger partial charge in [-0.25, -0.2) is 0 Å². The highest BCUT2D eigenvalue weighted by molar-refractivity contribution is 6.43. The van der Waals surface area contributed by atoms with Crippen molar-refractivity contribution in [1.82, 2.24) is 10.2 Å². The molecule has 3 N–H and O–H groups in total. The van der Waals surface area contributed by atoms with Crippen molar-refractivity contribution in [2.75, 3.05) is 13.1 Å². The molecule has 6 nitrogen and oxygen atoms in total. The minimum absolute atomic E-state index is 0.0877. The van der Waals surface area contributed by atoms with E-state index in [9.17, 15) is 19.6 Å². The van der Waals surface area contributed by atoms with E-state index < -0.39 is 13.1 Å². The zero-order chi connectivity index (χ0) is 19.6. The van der Waals surface area contributed by atoms with Gasteiger partial charge in [0.15, 0.2) is 0 Å². The predicted octanol–water partition coefficient (Wildman–Crippen LogP) is 1.28. The fraction of sp³-hybridized carbons (Fsp3) is 0.300. The molecule has 2 aromatic carbocycles. The third-order valence-corrected chi connectivity index (χ3v) is 4.30. The van der Waals surface area contributed by atoms with Crippen LogP contribution >= 0.6 is 0 Å². The Morgan fingerprint density at radius 3 is 2.19 bits per heavy atom. The molecule has 1 unspecified atom stereocenters. The lowest BCUT2D eigenvalue weighted by Crippen LogP contribution is -2.48. The number of nitrogens with one attached hydrogen (secondary N) is 1. The molecule has 7 heteroatoms. The summed E-state index contributed by atoms with van der Waals surface area (Å²) in [6.45, 7) is 2.60. The summed E-state index contributed by atoms with van der Waals surface area (Å²) < 4.78 is 0. The lowest BCUT2D eigenvalue weighted by atomic mass is 9.76. The molecule has 142 valence electrons. The topological polar surface area (TPSA) is 89.9 Å². The van der Waals surface area contributed by atoms with Gasteiger partial charge in [0.1, 0.15) is 0 Å². The minimum atomic E-state index is -1.66. The van der Waals surface area contributed by atoms with E-state index in [-0.39, 0.29) is 24.8 Å². The molecular weight excluding hydrogens is 343 g/mol. The Hall–Kier alpha value is -2.64. The molecule has 1 atom stereocenters. The minimum Gasteiger partial charge on any atom is -0.426 e. The normalized spacial score (nSPS) is 11.5. The molecule has 2 aromatic rings. The molecule has 0 spiro atoms. The summed E-state index contributed by atoms with van der Waals surface area (Å²) in [5.74, 6) is -1.27. The Morgan fingerprint density at radius 2 is 1.63 bits per heavy atom. The molecule has 27 heavy (non-hydrogen) atoms. The zero-order valence-electron chi connectivity index (χ0n) is 15.4. The first-order valence-corrected chi connectivity index (χ1v) is 9.05. The van der Waals surface area contributed by atoms with E-state index in [2.05, 4.69) is 5.32 Å². The Morgan fingerprint density at radius 1 is 1.04 bits per heavy atom. The number of benzene rings is 2. The molecule has 0 bridgehead atoms. The fourth-order valence-corrected chi connectivity index (χ4v) is 2.78. The maximum atomic E-state index is 12.5. The van der Waals surface area contributed by atoms with E-state index in [1.807, 2.05) is 43.3 Å². The van der Waals surface area contributed by atoms with E-state index in [0.717, 1.165) is 5.56 Å². The van der Waals surface area contributed by atoms with Gasteiger partial charge in [-0.05, 0) is 31.0 Å². The lowest BCUT2D eigenvalue weighted by molar-refractivity contribution is -0.121. The number of nitrogens with zero attached hydrogens (tertiary/aromatic N) is 1. The molecule has 0 saturated carbocycles. The van der Waals surface area contributed by atoms with E-state index in [1.165, 1.54) is 0 Å². The quantitative estimate of drug-likeness (QED) is 0.582. The molecule has 0 radical (unpaired) electrons. The second-order valence-electron chi connectivity index (χ2n) is 6.28. The lowest BCUT2D eigenvalue weighted by Gasteiger charge is -2.22. The first-order valence-electron chi connectivity index (χ1n) is 9.05. The predicted molar refractivity (Wildman–Crippen MR) is 105 cm³/mol. The van der Waals surface area contributed by atoms with Crippen molar-refractivity contribution in [3.05, 3.63) is 71.8 Å². The van der Waals surface area contributed by atoms with Crippen LogP contribution in [0.25, 0.3) is 0 Å². The van der Waals surface area contributed by atoms with E-state index in [0.29, 0.717) is 18.5 Å². The number of amides is 2. The highest BCUT2D eigenvalue weighted by atomic mass is 16.4. The smallest absolute Gasteiger partial charge is 0.426 e. The van der Waals surface area contributed by atoms with Crippen molar-refractivity contribution in [2.24, 2.45) is 0 Å². The highest BCUT2D eigenvalue weighted by Gasteiger charge is 2.26. The number of hydrogen-bond acceptors (Lipinski definition) is 4. The van der Waals surface area contributed by atoms with Crippen LogP contribution in [0.1, 0.15) is 29.3 Å². The summed E-state index contributed by atoms with van der Waals surface area (Å²) in [6.07, 6.45) is 0.398. The van der Waals surface area contributed by atoms with Gasteiger partial charge in [-0.1, -0.05) is 48.5 Å². The van der Waals surface area contributed by atoms with Gasteiger partial charge >= 0.3 is 7.12 Å². The fourth-order valence-electron chi connectivity index (χ4n) is 2.78. The van der Waals surface area contributed by atoms with E-state index in [4.69, 9.17) is 0 Å². The molecule has 2 amide bonds. The summed E-state index contributed by atoms with van der Waals surface area (Å²) in [6, 6.07) is 18.2. The van der Waals surface area contributed by atoms with Crippen LogP contribution in [0.5, 0.6) is 0 Å². The molecule has 0 heterocycles. The molecule has 0 saturated heterocycles. The molecule has 2 rings (SSSR count). The Labute approximate surface area is 160 Å². The van der Waals surface area contributed by atoms with E-state index >= 15 is 0 Å². The number of hydrogen-bond donors (Lipinski definition) is 3. The second-order valence-corrected chi connectivity index (χ2v) is 6.28. The first-order chi connectivity index (χ1) is 13.0. The Balaban J connectivity index is 1.89. The van der Waals surface area contributed by atoms with Gasteiger partial charge in [-0.2, -0.15) is 0 Å². The van der Waals surface area contributed by atoms with Crippen LogP contribution in [-0.2, 0) is 11.2 Å². The maximum absolute atomic E-state index is 12.5. The van der Waals surface area contributed by atoms with Crippen LogP contribution in [-0.4, -0.2) is 52.9 Å². The van der Waals surface area contributed by atoms with Gasteiger partial charge in [0.05, 0.1) is 5.94 Å². The van der Waals surface area contributed by atoms with E-state index in [1.54, 1.807) is 29.2 Å². The van der Waals surface area contributed by atoms with Gasteiger partial charge in [-0.3, -0.25) is 9.59 Å².